The van der Waals surface area contributed by atoms with Crippen molar-refractivity contribution in [1.29, 1.82) is 5.41 Å². The summed E-state index contributed by atoms with van der Waals surface area (Å²) in [5, 5.41) is 28.5. The van der Waals surface area contributed by atoms with Gasteiger partial charge < -0.3 is 84.9 Å². The molecule has 3 amide bonds. The molecule has 3 aromatic rings. The minimum absolute atomic E-state index is 0.00171. The minimum Gasteiger partial charge on any atom is -0.478 e. The van der Waals surface area contributed by atoms with Crippen LogP contribution in [0.5, 0.6) is 0 Å². The van der Waals surface area contributed by atoms with E-state index in [-0.39, 0.29) is 122 Å². The number of amides is 3. The molecule has 47 heteroatoms. The van der Waals surface area contributed by atoms with Crippen molar-refractivity contribution >= 4 is 112 Å². The van der Waals surface area contributed by atoms with Crippen LogP contribution < -0.4 is 38.5 Å². The molecule has 6 rings (SSSR count). The van der Waals surface area contributed by atoms with Crippen molar-refractivity contribution in [2.75, 3.05) is 96.4 Å². The molecule has 0 spiro atoms. The Morgan fingerprint density at radius 1 is 0.860 bits per heavy atom. The number of alkyl carbamates (subject to hydrolysis) is 2. The van der Waals surface area contributed by atoms with Crippen LogP contribution in [-0.2, 0) is 75.5 Å². The van der Waals surface area contributed by atoms with E-state index in [0.29, 0.717) is 31.8 Å². The number of nitrogen functional groups attached to an aromatic ring is 2. The molecular formula is C53H68N11O29P3S4. The summed E-state index contributed by atoms with van der Waals surface area (Å²) in [6.07, 6.45) is -0.869. The second-order valence-corrected chi connectivity index (χ2v) is 31.5. The molecule has 5 atom stereocenters. The molecular weight excluding hydrogens is 1480 g/mol. The van der Waals surface area contributed by atoms with Gasteiger partial charge in [0.05, 0.1) is 81.1 Å². The Morgan fingerprint density at radius 3 is 2.20 bits per heavy atom. The lowest BCUT2D eigenvalue weighted by molar-refractivity contribution is -0.0324. The van der Waals surface area contributed by atoms with Crippen molar-refractivity contribution in [3.05, 3.63) is 91.6 Å². The topological polar surface area (TPSA) is 621 Å². The summed E-state index contributed by atoms with van der Waals surface area (Å²) in [5.74, 6) is 1.73. The fourth-order valence-electron chi connectivity index (χ4n) is 9.26. The molecule has 100 heavy (non-hydrogen) atoms. The number of benzene rings is 3. The summed E-state index contributed by atoms with van der Waals surface area (Å²) in [6, 6.07) is 7.80. The van der Waals surface area contributed by atoms with E-state index in [9.17, 15) is 78.5 Å². The van der Waals surface area contributed by atoms with Gasteiger partial charge in [-0.25, -0.2) is 32.9 Å². The number of phosphoric acid groups is 3. The first kappa shape index (κ1) is 81.7. The first-order valence-corrected chi connectivity index (χ1v) is 38.8. The molecule has 15 N–H and O–H groups in total. The van der Waals surface area contributed by atoms with Crippen LogP contribution in [0.4, 0.5) is 21.1 Å². The van der Waals surface area contributed by atoms with Gasteiger partial charge in [0.15, 0.2) is 21.1 Å². The number of aromatic nitrogens is 2. The van der Waals surface area contributed by atoms with E-state index in [0.717, 1.165) is 34.9 Å². The quantitative estimate of drug-likeness (QED) is 0.00208. The summed E-state index contributed by atoms with van der Waals surface area (Å²) < 4.78 is 157. The third-order valence-electron chi connectivity index (χ3n) is 13.7. The lowest BCUT2D eigenvalue weighted by Gasteiger charge is -2.22. The van der Waals surface area contributed by atoms with Crippen LogP contribution >= 0.6 is 45.1 Å². The fraction of sp³-hybridized carbons (Fsp3) is 0.453. The van der Waals surface area contributed by atoms with Gasteiger partial charge in [-0.05, 0) is 105 Å². The van der Waals surface area contributed by atoms with Crippen LogP contribution in [-0.4, -0.2) is 180 Å². The number of fused-ring (bicyclic) bond motifs is 2. The van der Waals surface area contributed by atoms with Crippen molar-refractivity contribution in [3.8, 4) is 34.3 Å². The molecule has 0 radical (unpaired) electrons. The van der Waals surface area contributed by atoms with E-state index in [4.69, 9.17) is 69.6 Å². The number of aromatic carboxylic acids is 1. The van der Waals surface area contributed by atoms with E-state index < -0.39 is 136 Å². The molecule has 3 aliphatic rings. The SMILES string of the molecule is CC(C)(CCOC(=O)NCCOCCOCCNC(=O)c1ccc(C(=O)O)c(-c2c3ccc(=N)c(S(=O)(=O)O)c-3oc3c(S(=O)(=O)O)c(N)ccc23)c1)SSCOCCCCOC(=O)NCC#Cc1cn([C@H]2CC(CCN=[N+]=[N-])[C@@H](COP(=O)(O)OP(=O)(O)OP(=O)(O)O)O2)c(=O)nc1N. The monoisotopic (exact) mass is 1540 g/mol. The van der Waals surface area contributed by atoms with Gasteiger partial charge in [0.25, 0.3) is 26.1 Å². The Labute approximate surface area is 575 Å². The van der Waals surface area contributed by atoms with E-state index in [1.165, 1.54) is 39.9 Å². The zero-order valence-electron chi connectivity index (χ0n) is 52.6. The van der Waals surface area contributed by atoms with Crippen molar-refractivity contribution in [1.82, 2.24) is 25.5 Å². The fourth-order valence-corrected chi connectivity index (χ4v) is 16.0. The van der Waals surface area contributed by atoms with Crippen molar-refractivity contribution in [3.63, 3.8) is 0 Å². The van der Waals surface area contributed by atoms with Crippen molar-refractivity contribution in [2.45, 2.75) is 72.8 Å². The molecule has 40 nitrogen and oxygen atoms in total. The zero-order chi connectivity index (χ0) is 73.8. The second-order valence-electron chi connectivity index (χ2n) is 21.4. The first-order valence-electron chi connectivity index (χ1n) is 29.1. The number of rotatable bonds is 38. The smallest absolute Gasteiger partial charge is 0.478 e. The highest BCUT2D eigenvalue weighted by Gasteiger charge is 2.43. The summed E-state index contributed by atoms with van der Waals surface area (Å²) in [5.41, 5.74) is 17.1. The Kier molecular flexibility index (Phi) is 29.9. The van der Waals surface area contributed by atoms with Gasteiger partial charge in [-0.15, -0.1) is 0 Å². The molecule has 0 saturated carbocycles. The number of unbranched alkanes of at least 4 members (excludes halogenated alkanes) is 1. The van der Waals surface area contributed by atoms with Crippen LogP contribution in [0.2, 0.25) is 0 Å². The Hall–Kier alpha value is -7.27. The number of carbonyl (C=O) groups excluding carboxylic acids is 3. The molecule has 2 aromatic carbocycles. The van der Waals surface area contributed by atoms with Crippen LogP contribution in [0, 0.1) is 23.2 Å². The number of carboxylic acids is 1. The predicted octanol–water partition coefficient (Wildman–Crippen LogP) is 5.12. The number of nitrogens with one attached hydrogen (secondary N) is 4. The molecule has 548 valence electrons. The lowest BCUT2D eigenvalue weighted by Crippen LogP contribution is -2.30. The average molecular weight is 1540 g/mol. The van der Waals surface area contributed by atoms with Gasteiger partial charge in [0.2, 0.25) is 0 Å². The summed E-state index contributed by atoms with van der Waals surface area (Å²) in [4.78, 5) is 105. The molecule has 2 aliphatic heterocycles. The maximum absolute atomic E-state index is 13.4. The van der Waals surface area contributed by atoms with Gasteiger partial charge in [0, 0.05) is 64.2 Å². The molecule has 1 aromatic heterocycles. The number of ether oxygens (including phenoxy) is 6. The summed E-state index contributed by atoms with van der Waals surface area (Å²) >= 11 is 0. The van der Waals surface area contributed by atoms with Crippen LogP contribution in [0.15, 0.2) is 72.8 Å². The van der Waals surface area contributed by atoms with E-state index in [2.05, 4.69) is 51.4 Å². The number of nitrogens with two attached hydrogens (primary N) is 2. The molecule has 3 unspecified atom stereocenters. The standard InChI is InChI=1S/C53H68N11O29P3S4/c1-53(2,98-97-30-86-19-3-4-20-87-51(69)59-15-5-6-33-28-64(50(68)62-47(33)56)41-27-31(13-16-61-63-57)40(90-41)29-89-95(74,75)93-96(76,77)92-94(71,72)73)14-21-88-52(70)60-18-23-85-25-24-84-22-17-58-48(65)32-7-8-34(49(66)67)37(26-32)42-35-9-11-38(54)45(99(78,79)80)43(35)91-44-36(42)10-12-39(55)46(44)100(81,82)83/h7-12,26,28,31,40-41,54H,3-4,13-25,27,29-30,55H2,1-2H3,(H,58,65)(H,59,69)(H,60,70)(H,66,67)(H,74,75)(H,76,77)(H2,56,62,68)(H2,71,72,73)(H,78,79,80)(H,81,82,83)/t31?,40-,41-/m1/s1. The second kappa shape index (κ2) is 36.6. The maximum Gasteiger partial charge on any atom is 0.490 e. The summed E-state index contributed by atoms with van der Waals surface area (Å²) in [6.45, 7) is 3.74. The first-order chi connectivity index (χ1) is 46.9. The molecule has 3 heterocycles. The van der Waals surface area contributed by atoms with Gasteiger partial charge in [-0.3, -0.25) is 28.4 Å². The van der Waals surface area contributed by atoms with Gasteiger partial charge in [0.1, 0.15) is 18.0 Å². The van der Waals surface area contributed by atoms with Crippen molar-refractivity contribution < 1.29 is 129 Å². The number of nitrogens with zero attached hydrogens (tertiary/aromatic N) is 5. The highest BCUT2D eigenvalue weighted by Crippen LogP contribution is 2.66. The minimum atomic E-state index is -5.81. The number of anilines is 2. The number of hydrogen-bond acceptors (Lipinski definition) is 29. The zero-order valence-corrected chi connectivity index (χ0v) is 58.5. The number of hydrogen-bond donors (Lipinski definition) is 13. The lowest BCUT2D eigenvalue weighted by atomic mass is 9.89. The molecule has 0 bridgehead atoms. The largest absolute Gasteiger partial charge is 0.490 e. The van der Waals surface area contributed by atoms with Crippen LogP contribution in [0.1, 0.15) is 78.5 Å². The number of carboxylic acid groups (broad SMARTS) is 1. The Bertz CT molecular complexity index is 4410. The Balaban J connectivity index is 0.812. The average Bonchev–Trinajstić information content (AvgIpc) is 0.775. The van der Waals surface area contributed by atoms with Gasteiger partial charge in [-0.1, -0.05) is 38.5 Å². The Morgan fingerprint density at radius 2 is 1.53 bits per heavy atom. The van der Waals surface area contributed by atoms with Gasteiger partial charge >= 0.3 is 47.3 Å². The number of phosphoric ester groups is 1. The van der Waals surface area contributed by atoms with Gasteiger partial charge in [-0.2, -0.15) is 30.4 Å². The molecule has 1 fully saturated rings. The number of azide groups is 1. The third-order valence-corrected chi connectivity index (χ3v) is 22.4. The predicted molar refractivity (Wildman–Crippen MR) is 352 cm³/mol. The van der Waals surface area contributed by atoms with Crippen LogP contribution in [0.3, 0.4) is 0 Å². The molecule has 1 aliphatic carbocycles. The van der Waals surface area contributed by atoms with Crippen molar-refractivity contribution in [2.24, 2.45) is 11.0 Å². The van der Waals surface area contributed by atoms with E-state index in [1.807, 2.05) is 13.8 Å². The number of carbonyl (C=O) groups is 4. The van der Waals surface area contributed by atoms with E-state index in [1.54, 1.807) is 0 Å². The van der Waals surface area contributed by atoms with E-state index >= 15 is 0 Å². The molecule has 1 saturated heterocycles. The highest BCUT2D eigenvalue weighted by molar-refractivity contribution is 8.77. The normalized spacial score (nSPS) is 16.1. The third kappa shape index (κ3) is 25.1. The van der Waals surface area contributed by atoms with Crippen LogP contribution in [0.25, 0.3) is 43.9 Å². The summed E-state index contributed by atoms with van der Waals surface area (Å²) in [7, 11) is -24.5. The maximum atomic E-state index is 13.4. The highest BCUT2D eigenvalue weighted by atomic mass is 33.1.